The maximum atomic E-state index is 11.5. The molecule has 0 aromatic heterocycles. The molecule has 0 fully saturated rings. The summed E-state index contributed by atoms with van der Waals surface area (Å²) in [5.74, 6) is -0.363. The normalized spacial score (nSPS) is 12.5. The molecule has 2 N–H and O–H groups in total. The van der Waals surface area contributed by atoms with Crippen molar-refractivity contribution in [1.29, 1.82) is 0 Å². The Morgan fingerprint density at radius 1 is 1.47 bits per heavy atom. The highest BCUT2D eigenvalue weighted by molar-refractivity contribution is 5.76. The van der Waals surface area contributed by atoms with E-state index >= 15 is 0 Å². The fourth-order valence-corrected chi connectivity index (χ4v) is 2.08. The summed E-state index contributed by atoms with van der Waals surface area (Å²) in [6.07, 6.45) is 0.536. The van der Waals surface area contributed by atoms with Crippen molar-refractivity contribution in [3.63, 3.8) is 0 Å². The number of aliphatic carboxylic acids is 1. The van der Waals surface area contributed by atoms with E-state index in [9.17, 15) is 9.90 Å². The SMILES string of the molecule is COc1ccc(C)cc1[C@H](C(=O)O)N(C)CCCO. The predicted octanol–water partition coefficient (Wildman–Crippen LogP) is 1.44. The van der Waals surface area contributed by atoms with Gasteiger partial charge in [-0.05, 0) is 26.5 Å². The Bertz CT molecular complexity index is 433. The Hall–Kier alpha value is -1.59. The third-order valence-corrected chi connectivity index (χ3v) is 3.02. The number of carboxylic acids is 1. The van der Waals surface area contributed by atoms with Crippen molar-refractivity contribution in [2.45, 2.75) is 19.4 Å². The molecule has 0 aliphatic rings. The molecular formula is C14H21NO4. The zero-order valence-electron chi connectivity index (χ0n) is 11.6. The number of ether oxygens (including phenoxy) is 1. The van der Waals surface area contributed by atoms with Gasteiger partial charge in [0.1, 0.15) is 11.8 Å². The number of hydrogen-bond acceptors (Lipinski definition) is 4. The van der Waals surface area contributed by atoms with Crippen LogP contribution >= 0.6 is 0 Å². The zero-order chi connectivity index (χ0) is 14.4. The second kappa shape index (κ2) is 7.11. The van der Waals surface area contributed by atoms with E-state index in [1.807, 2.05) is 19.1 Å². The lowest BCUT2D eigenvalue weighted by Crippen LogP contribution is -2.32. The Morgan fingerprint density at radius 2 is 2.16 bits per heavy atom. The van der Waals surface area contributed by atoms with Crippen molar-refractivity contribution in [1.82, 2.24) is 4.90 Å². The first-order valence-corrected chi connectivity index (χ1v) is 6.19. The average molecular weight is 267 g/mol. The van der Waals surface area contributed by atoms with Crippen LogP contribution in [-0.2, 0) is 4.79 Å². The van der Waals surface area contributed by atoms with Crippen LogP contribution in [0.5, 0.6) is 5.75 Å². The highest BCUT2D eigenvalue weighted by atomic mass is 16.5. The predicted molar refractivity (Wildman–Crippen MR) is 72.4 cm³/mol. The molecule has 0 amide bonds. The van der Waals surface area contributed by atoms with Crippen LogP contribution in [0.3, 0.4) is 0 Å². The number of aliphatic hydroxyl groups is 1. The topological polar surface area (TPSA) is 70.0 Å². The number of rotatable bonds is 7. The first-order valence-electron chi connectivity index (χ1n) is 6.19. The molecular weight excluding hydrogens is 246 g/mol. The smallest absolute Gasteiger partial charge is 0.325 e. The van der Waals surface area contributed by atoms with Crippen LogP contribution in [0.1, 0.15) is 23.6 Å². The maximum Gasteiger partial charge on any atom is 0.325 e. The molecule has 5 heteroatoms. The summed E-state index contributed by atoms with van der Waals surface area (Å²) in [5.41, 5.74) is 1.62. The Morgan fingerprint density at radius 3 is 2.68 bits per heavy atom. The molecule has 0 saturated carbocycles. The highest BCUT2D eigenvalue weighted by Gasteiger charge is 2.27. The van der Waals surface area contributed by atoms with E-state index < -0.39 is 12.0 Å². The van der Waals surface area contributed by atoms with E-state index in [0.717, 1.165) is 5.56 Å². The van der Waals surface area contributed by atoms with Crippen LogP contribution in [0.4, 0.5) is 0 Å². The average Bonchev–Trinajstić information content (AvgIpc) is 2.36. The number of carbonyl (C=O) groups is 1. The lowest BCUT2D eigenvalue weighted by atomic mass is 10.0. The van der Waals surface area contributed by atoms with Crippen LogP contribution in [0.25, 0.3) is 0 Å². The summed E-state index contributed by atoms with van der Waals surface area (Å²) < 4.78 is 5.25. The van der Waals surface area contributed by atoms with E-state index in [4.69, 9.17) is 9.84 Å². The van der Waals surface area contributed by atoms with Crippen LogP contribution in [0, 0.1) is 6.92 Å². The first-order chi connectivity index (χ1) is 9.01. The monoisotopic (exact) mass is 267 g/mol. The number of likely N-dealkylation sites (N-methyl/N-ethyl adjacent to an activating group) is 1. The quantitative estimate of drug-likeness (QED) is 0.782. The fraction of sp³-hybridized carbons (Fsp3) is 0.500. The van der Waals surface area contributed by atoms with Crippen LogP contribution in [0.15, 0.2) is 18.2 Å². The molecule has 0 radical (unpaired) electrons. The van der Waals surface area contributed by atoms with Gasteiger partial charge in [-0.1, -0.05) is 17.7 Å². The van der Waals surface area contributed by atoms with E-state index in [2.05, 4.69) is 0 Å². The molecule has 0 aliphatic heterocycles. The molecule has 1 aromatic carbocycles. The molecule has 1 aromatic rings. The standard InChI is InChI=1S/C14H21NO4/c1-10-5-6-12(19-3)11(9-10)13(14(17)18)15(2)7-4-8-16/h5-6,9,13,16H,4,7-8H2,1-3H3,(H,17,18)/t13-/m1/s1. The minimum Gasteiger partial charge on any atom is -0.496 e. The molecule has 0 aliphatic carbocycles. The minimum atomic E-state index is -0.927. The van der Waals surface area contributed by atoms with Gasteiger partial charge in [0, 0.05) is 18.7 Å². The van der Waals surface area contributed by atoms with Gasteiger partial charge >= 0.3 is 5.97 Å². The number of methoxy groups -OCH3 is 1. The van der Waals surface area contributed by atoms with E-state index in [0.29, 0.717) is 24.3 Å². The summed E-state index contributed by atoms with van der Waals surface area (Å²) in [6, 6.07) is 4.71. The van der Waals surface area contributed by atoms with Gasteiger partial charge in [0.2, 0.25) is 0 Å². The Balaban J connectivity index is 3.11. The van der Waals surface area contributed by atoms with Gasteiger partial charge < -0.3 is 14.9 Å². The highest BCUT2D eigenvalue weighted by Crippen LogP contribution is 2.30. The lowest BCUT2D eigenvalue weighted by Gasteiger charge is -2.26. The molecule has 5 nitrogen and oxygen atoms in total. The summed E-state index contributed by atoms with van der Waals surface area (Å²) in [4.78, 5) is 13.2. The Kier molecular flexibility index (Phi) is 5.79. The third-order valence-electron chi connectivity index (χ3n) is 3.02. The van der Waals surface area contributed by atoms with Crippen molar-refractivity contribution >= 4 is 5.97 Å². The van der Waals surface area contributed by atoms with Crippen LogP contribution in [-0.4, -0.2) is 48.4 Å². The third kappa shape index (κ3) is 3.94. The van der Waals surface area contributed by atoms with Crippen molar-refractivity contribution < 1.29 is 19.7 Å². The number of aliphatic hydroxyl groups excluding tert-OH is 1. The first kappa shape index (κ1) is 15.5. The van der Waals surface area contributed by atoms with Gasteiger partial charge in [-0.15, -0.1) is 0 Å². The van der Waals surface area contributed by atoms with Crippen LogP contribution in [0.2, 0.25) is 0 Å². The molecule has 0 heterocycles. The summed E-state index contributed by atoms with van der Waals surface area (Å²) in [5, 5.41) is 18.3. The molecule has 0 spiro atoms. The van der Waals surface area contributed by atoms with Gasteiger partial charge in [0.25, 0.3) is 0 Å². The van der Waals surface area contributed by atoms with Crippen molar-refractivity contribution in [2.75, 3.05) is 27.3 Å². The fourth-order valence-electron chi connectivity index (χ4n) is 2.08. The second-order valence-electron chi connectivity index (χ2n) is 4.54. The Labute approximate surface area is 113 Å². The number of aryl methyl sites for hydroxylation is 1. The van der Waals surface area contributed by atoms with Gasteiger partial charge in [-0.3, -0.25) is 9.69 Å². The number of benzene rings is 1. The van der Waals surface area contributed by atoms with Crippen molar-refractivity contribution in [2.24, 2.45) is 0 Å². The molecule has 0 saturated heterocycles. The molecule has 1 atom stereocenters. The summed E-state index contributed by atoms with van der Waals surface area (Å²) in [6.45, 7) is 2.46. The number of nitrogens with zero attached hydrogens (tertiary/aromatic N) is 1. The van der Waals surface area contributed by atoms with Gasteiger partial charge in [0.15, 0.2) is 0 Å². The van der Waals surface area contributed by atoms with E-state index in [1.54, 1.807) is 18.0 Å². The molecule has 0 bridgehead atoms. The lowest BCUT2D eigenvalue weighted by molar-refractivity contribution is -0.143. The van der Waals surface area contributed by atoms with Gasteiger partial charge in [-0.25, -0.2) is 0 Å². The molecule has 19 heavy (non-hydrogen) atoms. The molecule has 1 rings (SSSR count). The van der Waals surface area contributed by atoms with E-state index in [1.165, 1.54) is 7.11 Å². The number of carboxylic acid groups (broad SMARTS) is 1. The second-order valence-corrected chi connectivity index (χ2v) is 4.54. The van der Waals surface area contributed by atoms with Crippen molar-refractivity contribution in [3.8, 4) is 5.75 Å². The summed E-state index contributed by atoms with van der Waals surface area (Å²) in [7, 11) is 3.26. The van der Waals surface area contributed by atoms with Crippen molar-refractivity contribution in [3.05, 3.63) is 29.3 Å². The molecule has 106 valence electrons. The zero-order valence-corrected chi connectivity index (χ0v) is 11.6. The van der Waals surface area contributed by atoms with Crippen LogP contribution < -0.4 is 4.74 Å². The minimum absolute atomic E-state index is 0.0433. The van der Waals surface area contributed by atoms with Gasteiger partial charge in [0.05, 0.1) is 7.11 Å². The van der Waals surface area contributed by atoms with E-state index in [-0.39, 0.29) is 6.61 Å². The maximum absolute atomic E-state index is 11.5. The van der Waals surface area contributed by atoms with Gasteiger partial charge in [-0.2, -0.15) is 0 Å². The molecule has 0 unspecified atom stereocenters. The summed E-state index contributed by atoms with van der Waals surface area (Å²) >= 11 is 0. The number of hydrogen-bond donors (Lipinski definition) is 2. The largest absolute Gasteiger partial charge is 0.496 e.